The van der Waals surface area contributed by atoms with Gasteiger partial charge >= 0.3 is 0 Å². The van der Waals surface area contributed by atoms with Crippen molar-refractivity contribution in [2.45, 2.75) is 24.8 Å². The minimum atomic E-state index is -3.43. The van der Waals surface area contributed by atoms with E-state index in [1.807, 2.05) is 0 Å². The molecule has 1 aliphatic heterocycles. The van der Waals surface area contributed by atoms with Crippen molar-refractivity contribution in [1.29, 1.82) is 0 Å². The maximum Gasteiger partial charge on any atom is 0.241 e. The van der Waals surface area contributed by atoms with E-state index in [4.69, 9.17) is 0 Å². The number of rotatable bonds is 6. The normalized spacial score (nSPS) is 16.3. The molecule has 0 aliphatic carbocycles. The van der Waals surface area contributed by atoms with Crippen molar-refractivity contribution in [1.82, 2.24) is 19.6 Å². The fourth-order valence-corrected chi connectivity index (χ4v) is 4.19. The Kier molecular flexibility index (Phi) is 5.67. The minimum Gasteiger partial charge on any atom is -0.354 e. The van der Waals surface area contributed by atoms with Gasteiger partial charge in [-0.25, -0.2) is 23.1 Å². The molecule has 0 spiro atoms. The van der Waals surface area contributed by atoms with E-state index >= 15 is 0 Å². The summed E-state index contributed by atoms with van der Waals surface area (Å²) in [6, 6.07) is 3.37. The monoisotopic (exact) mass is 381 g/mol. The van der Waals surface area contributed by atoms with Gasteiger partial charge < -0.3 is 4.90 Å². The van der Waals surface area contributed by atoms with Crippen LogP contribution in [0.2, 0.25) is 0 Å². The summed E-state index contributed by atoms with van der Waals surface area (Å²) < 4.78 is 25.8. The lowest BCUT2D eigenvalue weighted by Crippen LogP contribution is -2.46. The van der Waals surface area contributed by atoms with Gasteiger partial charge in [0.2, 0.25) is 10.0 Å². The van der Waals surface area contributed by atoms with Gasteiger partial charge in [-0.05, 0) is 25.6 Å². The van der Waals surface area contributed by atoms with Crippen LogP contribution in [0.1, 0.15) is 17.6 Å². The molecule has 2 aromatic rings. The third kappa shape index (κ3) is 4.35. The Balaban J connectivity index is 1.56. The van der Waals surface area contributed by atoms with E-state index in [1.165, 1.54) is 18.3 Å². The third-order valence-corrected chi connectivity index (χ3v) is 6.72. The number of nitrogens with zero attached hydrogens (tertiary/aromatic N) is 4. The number of aryl methyl sites for hydroxylation is 1. The molecule has 7 nitrogen and oxygen atoms in total. The van der Waals surface area contributed by atoms with Crippen LogP contribution in [0.4, 0.5) is 5.82 Å². The van der Waals surface area contributed by atoms with Crippen LogP contribution in [0, 0.1) is 0 Å². The summed E-state index contributed by atoms with van der Waals surface area (Å²) in [6.07, 6.45) is 2.40. The molecule has 0 saturated carbocycles. The first-order valence-electron chi connectivity index (χ1n) is 8.32. The van der Waals surface area contributed by atoms with Crippen molar-refractivity contribution in [3.63, 3.8) is 0 Å². The Bertz CT molecular complexity index is 796. The van der Waals surface area contributed by atoms with E-state index in [0.717, 1.165) is 50.7 Å². The summed E-state index contributed by atoms with van der Waals surface area (Å²) in [5.74, 6) is 0.816. The van der Waals surface area contributed by atoms with E-state index in [1.54, 1.807) is 23.5 Å². The van der Waals surface area contributed by atoms with Gasteiger partial charge in [-0.2, -0.15) is 0 Å². The van der Waals surface area contributed by atoms with Gasteiger partial charge in [0.05, 0.1) is 10.7 Å². The number of thiazole rings is 1. The number of sulfonamides is 1. The molecule has 3 heterocycles. The maximum absolute atomic E-state index is 11.8. The lowest BCUT2D eigenvalue weighted by atomic mass is 10.3. The lowest BCUT2D eigenvalue weighted by molar-refractivity contribution is 0.247. The van der Waals surface area contributed by atoms with Crippen molar-refractivity contribution in [2.24, 2.45) is 0 Å². The van der Waals surface area contributed by atoms with Crippen molar-refractivity contribution < 1.29 is 8.42 Å². The van der Waals surface area contributed by atoms with Crippen LogP contribution >= 0.6 is 11.3 Å². The molecule has 0 aromatic carbocycles. The van der Waals surface area contributed by atoms with E-state index in [0.29, 0.717) is 0 Å². The van der Waals surface area contributed by atoms with Gasteiger partial charge in [0.15, 0.2) is 0 Å². The SMILES string of the molecule is CCc1nc(CN2CCN(c3ccc(S(=O)(=O)NC)cn3)CC2)cs1. The Labute approximate surface area is 152 Å². The van der Waals surface area contributed by atoms with Crippen LogP contribution in [-0.2, 0) is 23.0 Å². The topological polar surface area (TPSA) is 78.4 Å². The lowest BCUT2D eigenvalue weighted by Gasteiger charge is -2.35. The van der Waals surface area contributed by atoms with Gasteiger partial charge in [0.1, 0.15) is 10.7 Å². The Morgan fingerprint density at radius 2 is 2.00 bits per heavy atom. The molecule has 0 radical (unpaired) electrons. The van der Waals surface area contributed by atoms with Crippen LogP contribution < -0.4 is 9.62 Å². The van der Waals surface area contributed by atoms with Crippen LogP contribution in [-0.4, -0.2) is 56.5 Å². The molecule has 0 unspecified atom stereocenters. The van der Waals surface area contributed by atoms with E-state index in [-0.39, 0.29) is 4.90 Å². The number of aromatic nitrogens is 2. The van der Waals surface area contributed by atoms with E-state index < -0.39 is 10.0 Å². The van der Waals surface area contributed by atoms with Crippen LogP contribution in [0.25, 0.3) is 0 Å². The first-order chi connectivity index (χ1) is 12.0. The summed E-state index contributed by atoms with van der Waals surface area (Å²) in [5.41, 5.74) is 1.15. The van der Waals surface area contributed by atoms with Gasteiger partial charge in [0.25, 0.3) is 0 Å². The first kappa shape index (κ1) is 18.2. The second kappa shape index (κ2) is 7.77. The van der Waals surface area contributed by atoms with Crippen LogP contribution in [0.3, 0.4) is 0 Å². The molecular formula is C16H23N5O2S2. The van der Waals surface area contributed by atoms with Crippen molar-refractivity contribution in [2.75, 3.05) is 38.1 Å². The number of nitrogens with one attached hydrogen (secondary N) is 1. The van der Waals surface area contributed by atoms with Gasteiger partial charge in [-0.1, -0.05) is 6.92 Å². The smallest absolute Gasteiger partial charge is 0.241 e. The van der Waals surface area contributed by atoms with E-state index in [9.17, 15) is 8.42 Å². The highest BCUT2D eigenvalue weighted by molar-refractivity contribution is 7.89. The molecule has 136 valence electrons. The zero-order chi connectivity index (χ0) is 17.9. The molecule has 0 amide bonds. The van der Waals surface area contributed by atoms with Crippen molar-refractivity contribution >= 4 is 27.2 Å². The molecule has 3 rings (SSSR count). The van der Waals surface area contributed by atoms with Crippen LogP contribution in [0.15, 0.2) is 28.6 Å². The quantitative estimate of drug-likeness (QED) is 0.813. The zero-order valence-corrected chi connectivity index (χ0v) is 16.1. The molecule has 1 saturated heterocycles. The summed E-state index contributed by atoms with van der Waals surface area (Å²) in [5, 5.41) is 3.34. The largest absolute Gasteiger partial charge is 0.354 e. The van der Waals surface area contributed by atoms with Crippen LogP contribution in [0.5, 0.6) is 0 Å². The predicted octanol–water partition coefficient (Wildman–Crippen LogP) is 1.33. The molecule has 1 aliphatic rings. The number of anilines is 1. The predicted molar refractivity (Wildman–Crippen MR) is 99.5 cm³/mol. The number of pyridine rings is 1. The second-order valence-corrected chi connectivity index (χ2v) is 8.74. The molecular weight excluding hydrogens is 358 g/mol. The van der Waals surface area contributed by atoms with Gasteiger partial charge in [-0.3, -0.25) is 4.90 Å². The molecule has 2 aromatic heterocycles. The Hall–Kier alpha value is -1.55. The fourth-order valence-electron chi connectivity index (χ4n) is 2.78. The number of piperazine rings is 1. The highest BCUT2D eigenvalue weighted by Gasteiger charge is 2.20. The van der Waals surface area contributed by atoms with Gasteiger partial charge in [-0.15, -0.1) is 11.3 Å². The van der Waals surface area contributed by atoms with Crippen molar-refractivity contribution in [3.05, 3.63) is 34.4 Å². The zero-order valence-electron chi connectivity index (χ0n) is 14.5. The number of hydrogen-bond donors (Lipinski definition) is 1. The van der Waals surface area contributed by atoms with E-state index in [2.05, 4.69) is 36.8 Å². The highest BCUT2D eigenvalue weighted by Crippen LogP contribution is 2.18. The minimum absolute atomic E-state index is 0.188. The molecule has 9 heteroatoms. The van der Waals surface area contributed by atoms with Crippen molar-refractivity contribution in [3.8, 4) is 0 Å². The Morgan fingerprint density at radius 1 is 1.24 bits per heavy atom. The standard InChI is InChI=1S/C16H23N5O2S2/c1-3-16-19-13(12-24-16)11-20-6-8-21(9-7-20)15-5-4-14(10-18-15)25(22,23)17-2/h4-5,10,12,17H,3,6-9,11H2,1-2H3. The summed E-state index contributed by atoms with van der Waals surface area (Å²) >= 11 is 1.73. The fraction of sp³-hybridized carbons (Fsp3) is 0.500. The molecule has 0 bridgehead atoms. The summed E-state index contributed by atoms with van der Waals surface area (Å²) in [4.78, 5) is 13.7. The average molecular weight is 382 g/mol. The first-order valence-corrected chi connectivity index (χ1v) is 10.7. The Morgan fingerprint density at radius 3 is 2.56 bits per heavy atom. The second-order valence-electron chi connectivity index (χ2n) is 5.91. The summed E-state index contributed by atoms with van der Waals surface area (Å²) in [6.45, 7) is 6.64. The summed E-state index contributed by atoms with van der Waals surface area (Å²) in [7, 11) is -2.04. The third-order valence-electron chi connectivity index (χ3n) is 4.28. The molecule has 25 heavy (non-hydrogen) atoms. The maximum atomic E-state index is 11.8. The molecule has 1 fully saturated rings. The van der Waals surface area contributed by atoms with Gasteiger partial charge in [0, 0.05) is 44.3 Å². The highest BCUT2D eigenvalue weighted by atomic mass is 32.2. The number of hydrogen-bond acceptors (Lipinski definition) is 7. The average Bonchev–Trinajstić information content (AvgIpc) is 3.10. The molecule has 1 N–H and O–H groups in total. The molecule has 0 atom stereocenters.